The van der Waals surface area contributed by atoms with Crippen LogP contribution in [0.1, 0.15) is 106 Å². The van der Waals surface area contributed by atoms with Crippen molar-refractivity contribution in [2.75, 3.05) is 0 Å². The molecule has 0 aromatic heterocycles. The van der Waals surface area contributed by atoms with Gasteiger partial charge in [0.25, 0.3) is 0 Å². The van der Waals surface area contributed by atoms with Crippen molar-refractivity contribution < 1.29 is 20.1 Å². The van der Waals surface area contributed by atoms with Crippen LogP contribution in [0.2, 0.25) is 0 Å². The fraction of sp³-hybridized carbons (Fsp3) is 0.900. The summed E-state index contributed by atoms with van der Waals surface area (Å²) in [5.41, 5.74) is 0.331. The van der Waals surface area contributed by atoms with Crippen molar-refractivity contribution in [3.63, 3.8) is 0 Å². The number of hydrogen-bond acceptors (Lipinski definition) is 4. The summed E-state index contributed by atoms with van der Waals surface area (Å²) in [6, 6.07) is 0. The molecule has 6 rings (SSSR count). The predicted octanol–water partition coefficient (Wildman–Crippen LogP) is 5.26. The van der Waals surface area contributed by atoms with Gasteiger partial charge in [0.15, 0.2) is 0 Å². The van der Waals surface area contributed by atoms with E-state index in [-0.39, 0.29) is 33.1 Å². The first-order valence-electron chi connectivity index (χ1n) is 14.2. The highest BCUT2D eigenvalue weighted by Gasteiger charge is 2.79. The van der Waals surface area contributed by atoms with Crippen molar-refractivity contribution >= 4 is 5.97 Å². The summed E-state index contributed by atoms with van der Waals surface area (Å²) in [5, 5.41) is 36.0. The first-order chi connectivity index (χ1) is 16.1. The second-order valence-electron chi connectivity index (χ2n) is 15.3. The summed E-state index contributed by atoms with van der Waals surface area (Å²) < 4.78 is 0. The van der Waals surface area contributed by atoms with Crippen molar-refractivity contribution in [3.8, 4) is 0 Å². The van der Waals surface area contributed by atoms with Crippen LogP contribution in [-0.4, -0.2) is 39.2 Å². The summed E-state index contributed by atoms with van der Waals surface area (Å²) in [4.78, 5) is 12.8. The average molecular weight is 486 g/mol. The Hall–Kier alpha value is -0.910. The Kier molecular flexibility index (Phi) is 4.71. The molecule has 0 radical (unpaired) electrons. The summed E-state index contributed by atoms with van der Waals surface area (Å²) in [5.74, 6) is -0.00297. The molecule has 1 heterocycles. The quantitative estimate of drug-likeness (QED) is 0.381. The van der Waals surface area contributed by atoms with E-state index in [0.717, 1.165) is 64.2 Å². The van der Waals surface area contributed by atoms with E-state index >= 15 is 0 Å². The zero-order valence-corrected chi connectivity index (χ0v) is 22.7. The molecule has 4 N–H and O–H groups in total. The molecule has 4 saturated carbocycles. The smallest absolute Gasteiger partial charge is 0.310 e. The van der Waals surface area contributed by atoms with Crippen LogP contribution in [0.3, 0.4) is 0 Å². The molecule has 196 valence electrons. The Morgan fingerprint density at radius 1 is 0.914 bits per heavy atom. The number of carbonyl (C=O) groups is 1. The third kappa shape index (κ3) is 2.46. The third-order valence-electron chi connectivity index (χ3n) is 14.0. The van der Waals surface area contributed by atoms with E-state index < -0.39 is 29.1 Å². The van der Waals surface area contributed by atoms with Crippen molar-refractivity contribution in [2.45, 2.75) is 124 Å². The fourth-order valence-corrected chi connectivity index (χ4v) is 11.4. The van der Waals surface area contributed by atoms with E-state index in [2.05, 4.69) is 52.9 Å². The first-order valence-corrected chi connectivity index (χ1v) is 14.2. The van der Waals surface area contributed by atoms with Gasteiger partial charge in [-0.2, -0.15) is 0 Å². The summed E-state index contributed by atoms with van der Waals surface area (Å²) in [6.07, 6.45) is 10.6. The van der Waals surface area contributed by atoms with Gasteiger partial charge < -0.3 is 15.3 Å². The second-order valence-corrected chi connectivity index (χ2v) is 15.3. The van der Waals surface area contributed by atoms with Gasteiger partial charge in [-0.3, -0.25) is 10.1 Å². The van der Waals surface area contributed by atoms with Crippen LogP contribution in [0.15, 0.2) is 11.6 Å². The Balaban J connectivity index is 1.46. The topological polar surface area (TPSA) is 89.8 Å². The Bertz CT molecular complexity index is 1010. The lowest BCUT2D eigenvalue weighted by Crippen LogP contribution is -2.90. The lowest BCUT2D eigenvalue weighted by molar-refractivity contribution is -0.320. The Morgan fingerprint density at radius 2 is 1.60 bits per heavy atom. The molecule has 1 spiro atoms. The number of nitrogens with one attached hydrogen (secondary N) is 1. The van der Waals surface area contributed by atoms with Crippen LogP contribution < -0.4 is 5.32 Å². The van der Waals surface area contributed by atoms with E-state index in [1.165, 1.54) is 5.57 Å². The molecular formula is C30H47NO4. The molecule has 10 atom stereocenters. The van der Waals surface area contributed by atoms with Gasteiger partial charge in [0, 0.05) is 5.54 Å². The van der Waals surface area contributed by atoms with Crippen molar-refractivity contribution in [3.05, 3.63) is 11.6 Å². The summed E-state index contributed by atoms with van der Waals surface area (Å²) >= 11 is 0. The van der Waals surface area contributed by atoms with E-state index in [1.807, 2.05) is 0 Å². The van der Waals surface area contributed by atoms with Gasteiger partial charge in [-0.1, -0.05) is 53.2 Å². The molecule has 2 unspecified atom stereocenters. The minimum absolute atomic E-state index is 0.00754. The van der Waals surface area contributed by atoms with Crippen LogP contribution in [0.25, 0.3) is 0 Å². The molecule has 5 fully saturated rings. The van der Waals surface area contributed by atoms with Crippen molar-refractivity contribution in [2.24, 2.45) is 44.3 Å². The van der Waals surface area contributed by atoms with Crippen LogP contribution in [0.5, 0.6) is 0 Å². The molecule has 5 nitrogen and oxygen atoms in total. The number of aliphatic carboxylic acids is 1. The lowest BCUT2D eigenvalue weighted by atomic mass is 9.30. The van der Waals surface area contributed by atoms with Crippen LogP contribution >= 0.6 is 0 Å². The third-order valence-corrected chi connectivity index (χ3v) is 14.0. The van der Waals surface area contributed by atoms with Gasteiger partial charge in [0.05, 0.1) is 16.9 Å². The zero-order chi connectivity index (χ0) is 25.4. The molecule has 1 saturated heterocycles. The number of aliphatic hydroxyl groups excluding tert-OH is 2. The number of hydrogen-bond donors (Lipinski definition) is 4. The van der Waals surface area contributed by atoms with Crippen LogP contribution in [0, 0.1) is 44.3 Å². The lowest BCUT2D eigenvalue weighted by Gasteiger charge is -2.80. The molecular weight excluding hydrogens is 438 g/mol. The molecule has 5 heteroatoms. The van der Waals surface area contributed by atoms with Gasteiger partial charge in [0.1, 0.15) is 6.23 Å². The monoisotopic (exact) mass is 485 g/mol. The van der Waals surface area contributed by atoms with Gasteiger partial charge in [-0.15, -0.1) is 0 Å². The van der Waals surface area contributed by atoms with Crippen molar-refractivity contribution in [1.29, 1.82) is 0 Å². The first kappa shape index (κ1) is 24.4. The maximum Gasteiger partial charge on any atom is 0.310 e. The van der Waals surface area contributed by atoms with Gasteiger partial charge in [-0.25, -0.2) is 0 Å². The SMILES string of the molecule is CC1(C)CC[C@]2(C(=O)O)CC[C@]3(C)C(=CC[C@@H]4[C@@]5(C)CC[C@H](O)[C@@]6(C)C(O)NC56CC[C@]43C)[C@@H]2C1. The Morgan fingerprint density at radius 3 is 2.26 bits per heavy atom. The minimum atomic E-state index is -0.651. The molecule has 35 heavy (non-hydrogen) atoms. The molecule has 0 amide bonds. The van der Waals surface area contributed by atoms with E-state index in [4.69, 9.17) is 0 Å². The van der Waals surface area contributed by atoms with E-state index in [9.17, 15) is 20.1 Å². The summed E-state index contributed by atoms with van der Waals surface area (Å²) in [7, 11) is 0. The highest BCUT2D eigenvalue weighted by molar-refractivity contribution is 5.76. The molecule has 5 aliphatic carbocycles. The highest BCUT2D eigenvalue weighted by Crippen LogP contribution is 2.78. The molecule has 1 aliphatic heterocycles. The number of aliphatic hydroxyl groups is 2. The van der Waals surface area contributed by atoms with Crippen molar-refractivity contribution in [1.82, 2.24) is 5.32 Å². The van der Waals surface area contributed by atoms with E-state index in [1.54, 1.807) is 0 Å². The molecule has 0 aromatic rings. The molecule has 0 aromatic carbocycles. The number of allylic oxidation sites excluding steroid dienone is 2. The van der Waals surface area contributed by atoms with Gasteiger partial charge in [-0.05, 0) is 97.7 Å². The van der Waals surface area contributed by atoms with Crippen LogP contribution in [0.4, 0.5) is 0 Å². The number of rotatable bonds is 1. The normalized spacial score (nSPS) is 58.3. The van der Waals surface area contributed by atoms with E-state index in [0.29, 0.717) is 5.92 Å². The number of fused-ring (bicyclic) bond motifs is 6. The largest absolute Gasteiger partial charge is 0.481 e. The predicted molar refractivity (Wildman–Crippen MR) is 135 cm³/mol. The van der Waals surface area contributed by atoms with Crippen LogP contribution in [-0.2, 0) is 4.79 Å². The zero-order valence-electron chi connectivity index (χ0n) is 22.7. The highest BCUT2D eigenvalue weighted by atomic mass is 16.4. The number of carboxylic acid groups (broad SMARTS) is 1. The molecule has 6 aliphatic rings. The molecule has 0 bridgehead atoms. The summed E-state index contributed by atoms with van der Waals surface area (Å²) in [6.45, 7) is 14.2. The minimum Gasteiger partial charge on any atom is -0.481 e. The maximum absolute atomic E-state index is 12.8. The van der Waals surface area contributed by atoms with Gasteiger partial charge in [0.2, 0.25) is 0 Å². The van der Waals surface area contributed by atoms with Gasteiger partial charge >= 0.3 is 5.97 Å². The number of carboxylic acids is 1. The second kappa shape index (κ2) is 6.74. The standard InChI is InChI=1S/C30H47NO4/c1-24(2)11-14-29(23(34)35)15-12-25(3)18(19(29)17-24)7-8-20-26(25,4)13-16-30-27(20,5)10-9-21(32)28(30,6)22(33)31-30/h7,19-22,31-33H,8-17H2,1-6H3,(H,34,35)/t19-,20-,21-,22?,25+,26+,27+,28-,29-,30?/m0/s1. The Labute approximate surface area is 211 Å². The fourth-order valence-electron chi connectivity index (χ4n) is 11.4. The maximum atomic E-state index is 12.8. The average Bonchev–Trinajstić information content (AvgIpc) is 2.78.